The van der Waals surface area contributed by atoms with Gasteiger partial charge in [-0.05, 0) is 19.8 Å². The van der Waals surface area contributed by atoms with Crippen molar-refractivity contribution in [3.63, 3.8) is 0 Å². The minimum atomic E-state index is -0.256. The molecule has 2 aromatic rings. The first-order valence-corrected chi connectivity index (χ1v) is 5.89. The molecule has 0 aromatic carbocycles. The van der Waals surface area contributed by atoms with Crippen LogP contribution >= 0.6 is 0 Å². The number of fused-ring (bicyclic) bond motifs is 1. The number of aliphatic hydroxyl groups is 1. The van der Waals surface area contributed by atoms with E-state index in [4.69, 9.17) is 9.84 Å². The summed E-state index contributed by atoms with van der Waals surface area (Å²) in [7, 11) is 0. The molecular formula is C11H14N4O3. The Kier molecular flexibility index (Phi) is 2.64. The van der Waals surface area contributed by atoms with Gasteiger partial charge in [0.25, 0.3) is 5.56 Å². The molecule has 0 amide bonds. The van der Waals surface area contributed by atoms with Crippen LogP contribution in [0.15, 0.2) is 11.0 Å². The molecule has 0 unspecified atom stereocenters. The first-order chi connectivity index (χ1) is 8.69. The molecule has 1 saturated heterocycles. The molecule has 2 aromatic heterocycles. The van der Waals surface area contributed by atoms with Gasteiger partial charge in [0.15, 0.2) is 11.9 Å². The quantitative estimate of drug-likeness (QED) is 0.788. The Bertz CT molecular complexity index is 633. The Morgan fingerprint density at radius 1 is 1.61 bits per heavy atom. The topological polar surface area (TPSA) is 93.0 Å². The molecule has 2 atom stereocenters. The van der Waals surface area contributed by atoms with E-state index in [9.17, 15) is 4.79 Å². The predicted molar refractivity (Wildman–Crippen MR) is 63.1 cm³/mol. The molecule has 2 N–H and O–H groups in total. The first kappa shape index (κ1) is 11.4. The fraction of sp³-hybridized carbons (Fsp3) is 0.545. The van der Waals surface area contributed by atoms with Crippen LogP contribution in [0.1, 0.15) is 24.9 Å². The summed E-state index contributed by atoms with van der Waals surface area (Å²) in [5.74, 6) is 0.547. The highest BCUT2D eigenvalue weighted by molar-refractivity contribution is 5.73. The molecule has 3 rings (SSSR count). The summed E-state index contributed by atoms with van der Waals surface area (Å²) in [6, 6.07) is 0. The van der Waals surface area contributed by atoms with Gasteiger partial charge < -0.3 is 14.8 Å². The van der Waals surface area contributed by atoms with E-state index in [2.05, 4.69) is 15.1 Å². The van der Waals surface area contributed by atoms with E-state index in [-0.39, 0.29) is 24.5 Å². The van der Waals surface area contributed by atoms with Crippen LogP contribution in [-0.2, 0) is 4.74 Å². The third-order valence-corrected chi connectivity index (χ3v) is 3.14. The van der Waals surface area contributed by atoms with Crippen LogP contribution in [0, 0.1) is 6.92 Å². The molecule has 1 fully saturated rings. The molecule has 3 heterocycles. The first-order valence-electron chi connectivity index (χ1n) is 5.89. The van der Waals surface area contributed by atoms with Gasteiger partial charge in [0, 0.05) is 0 Å². The van der Waals surface area contributed by atoms with E-state index in [0.717, 1.165) is 12.8 Å². The van der Waals surface area contributed by atoms with Crippen molar-refractivity contribution in [2.45, 2.75) is 32.1 Å². The molecule has 18 heavy (non-hydrogen) atoms. The molecule has 0 aliphatic carbocycles. The molecule has 0 radical (unpaired) electrons. The number of H-pyrrole nitrogens is 1. The Morgan fingerprint density at radius 3 is 3.17 bits per heavy atom. The smallest absolute Gasteiger partial charge is 0.262 e. The van der Waals surface area contributed by atoms with Gasteiger partial charge in [0.2, 0.25) is 0 Å². The minimum Gasteiger partial charge on any atom is -0.394 e. The summed E-state index contributed by atoms with van der Waals surface area (Å²) >= 11 is 0. The van der Waals surface area contributed by atoms with E-state index < -0.39 is 0 Å². The lowest BCUT2D eigenvalue weighted by atomic mass is 10.2. The van der Waals surface area contributed by atoms with Crippen molar-refractivity contribution in [2.24, 2.45) is 0 Å². The van der Waals surface area contributed by atoms with Crippen molar-refractivity contribution in [2.75, 3.05) is 6.61 Å². The van der Waals surface area contributed by atoms with Crippen molar-refractivity contribution in [3.8, 4) is 0 Å². The molecule has 7 nitrogen and oxygen atoms in total. The summed E-state index contributed by atoms with van der Waals surface area (Å²) in [4.78, 5) is 18.6. The molecule has 1 aliphatic rings. The number of aromatic nitrogens is 4. The number of ether oxygens (including phenoxy) is 1. The molecule has 96 valence electrons. The molecule has 0 bridgehead atoms. The zero-order chi connectivity index (χ0) is 12.7. The molecule has 1 aliphatic heterocycles. The van der Waals surface area contributed by atoms with Gasteiger partial charge in [-0.2, -0.15) is 5.10 Å². The third-order valence-electron chi connectivity index (χ3n) is 3.14. The van der Waals surface area contributed by atoms with Crippen LogP contribution in [0.25, 0.3) is 11.0 Å². The summed E-state index contributed by atoms with van der Waals surface area (Å²) in [5, 5.41) is 13.7. The number of hydrogen-bond donors (Lipinski definition) is 2. The van der Waals surface area contributed by atoms with Crippen molar-refractivity contribution in [1.29, 1.82) is 0 Å². The van der Waals surface area contributed by atoms with Gasteiger partial charge >= 0.3 is 0 Å². The SMILES string of the molecule is Cc1nc2c(cnn2[C@H]2CC[C@@H](CO)O2)c(=O)[nH]1. The van der Waals surface area contributed by atoms with Gasteiger partial charge in [-0.1, -0.05) is 0 Å². The minimum absolute atomic E-state index is 0.00272. The summed E-state index contributed by atoms with van der Waals surface area (Å²) in [5.41, 5.74) is 0.334. The highest BCUT2D eigenvalue weighted by Crippen LogP contribution is 2.29. The average Bonchev–Trinajstić information content (AvgIpc) is 2.93. The normalized spacial score (nSPS) is 23.9. The van der Waals surface area contributed by atoms with Gasteiger partial charge in [0.1, 0.15) is 11.2 Å². The largest absolute Gasteiger partial charge is 0.394 e. The zero-order valence-corrected chi connectivity index (χ0v) is 9.96. The number of nitrogens with one attached hydrogen (secondary N) is 1. The number of rotatable bonds is 2. The van der Waals surface area contributed by atoms with Gasteiger partial charge in [-0.25, -0.2) is 9.67 Å². The second-order valence-corrected chi connectivity index (χ2v) is 4.45. The van der Waals surface area contributed by atoms with Gasteiger partial charge in [0.05, 0.1) is 18.9 Å². The lowest BCUT2D eigenvalue weighted by Crippen LogP contribution is -2.16. The Hall–Kier alpha value is -1.73. The lowest BCUT2D eigenvalue weighted by molar-refractivity contribution is -0.0262. The Labute approximate surface area is 102 Å². The Morgan fingerprint density at radius 2 is 2.44 bits per heavy atom. The number of aromatic amines is 1. The van der Waals surface area contributed by atoms with Crippen LogP contribution in [-0.4, -0.2) is 37.6 Å². The van der Waals surface area contributed by atoms with Gasteiger partial charge in [-0.3, -0.25) is 4.79 Å². The standard InChI is InChI=1S/C11H14N4O3/c1-6-13-10-8(11(17)14-6)4-12-15(10)9-3-2-7(5-16)18-9/h4,7,9,16H,2-3,5H2,1H3,(H,13,14,17)/t7-,9+/m0/s1. The predicted octanol–water partition coefficient (Wildman–Crippen LogP) is 0.0979. The lowest BCUT2D eigenvalue weighted by Gasteiger charge is -2.12. The summed E-state index contributed by atoms with van der Waals surface area (Å²) < 4.78 is 7.26. The van der Waals surface area contributed by atoms with Crippen molar-refractivity contribution in [1.82, 2.24) is 19.7 Å². The van der Waals surface area contributed by atoms with E-state index >= 15 is 0 Å². The van der Waals surface area contributed by atoms with Crippen LogP contribution in [0.2, 0.25) is 0 Å². The average molecular weight is 250 g/mol. The van der Waals surface area contributed by atoms with E-state index in [0.29, 0.717) is 16.9 Å². The monoisotopic (exact) mass is 250 g/mol. The molecular weight excluding hydrogens is 236 g/mol. The number of hydrogen-bond acceptors (Lipinski definition) is 5. The highest BCUT2D eigenvalue weighted by atomic mass is 16.5. The van der Waals surface area contributed by atoms with Crippen molar-refractivity contribution < 1.29 is 9.84 Å². The molecule has 0 spiro atoms. The van der Waals surface area contributed by atoms with E-state index in [1.165, 1.54) is 6.20 Å². The van der Waals surface area contributed by atoms with Crippen LogP contribution < -0.4 is 5.56 Å². The summed E-state index contributed by atoms with van der Waals surface area (Å²) in [6.45, 7) is 1.73. The molecule has 7 heteroatoms. The fourth-order valence-corrected chi connectivity index (χ4v) is 2.26. The molecule has 0 saturated carbocycles. The Balaban J connectivity index is 2.05. The van der Waals surface area contributed by atoms with Crippen LogP contribution in [0.5, 0.6) is 0 Å². The summed E-state index contributed by atoms with van der Waals surface area (Å²) in [6.07, 6.45) is 2.63. The zero-order valence-electron chi connectivity index (χ0n) is 9.96. The van der Waals surface area contributed by atoms with Crippen LogP contribution in [0.4, 0.5) is 0 Å². The van der Waals surface area contributed by atoms with Crippen molar-refractivity contribution in [3.05, 3.63) is 22.4 Å². The highest BCUT2D eigenvalue weighted by Gasteiger charge is 2.28. The third kappa shape index (κ3) is 1.72. The van der Waals surface area contributed by atoms with Gasteiger partial charge in [-0.15, -0.1) is 0 Å². The van der Waals surface area contributed by atoms with Crippen molar-refractivity contribution >= 4 is 11.0 Å². The van der Waals surface area contributed by atoms with E-state index in [1.807, 2.05) is 0 Å². The van der Waals surface area contributed by atoms with Crippen LogP contribution in [0.3, 0.4) is 0 Å². The second-order valence-electron chi connectivity index (χ2n) is 4.45. The van der Waals surface area contributed by atoms with E-state index in [1.54, 1.807) is 11.6 Å². The second kappa shape index (κ2) is 4.18. The maximum atomic E-state index is 11.7. The fourth-order valence-electron chi connectivity index (χ4n) is 2.26. The number of aliphatic hydroxyl groups excluding tert-OH is 1. The maximum absolute atomic E-state index is 11.7. The number of nitrogens with zero attached hydrogens (tertiary/aromatic N) is 3. The maximum Gasteiger partial charge on any atom is 0.262 e. The number of aryl methyl sites for hydroxylation is 1.